The van der Waals surface area contributed by atoms with Crippen LogP contribution in [0.4, 0.5) is 24.5 Å². The summed E-state index contributed by atoms with van der Waals surface area (Å²) in [6, 6.07) is 17.6. The number of fused-ring (bicyclic) bond motifs is 1. The van der Waals surface area contributed by atoms with Gasteiger partial charge in [-0.25, -0.2) is 0 Å². The van der Waals surface area contributed by atoms with Crippen LogP contribution in [0.5, 0.6) is 0 Å². The molecule has 8 heteroatoms. The van der Waals surface area contributed by atoms with Crippen LogP contribution < -0.4 is 5.32 Å². The molecule has 3 aromatic carbocycles. The minimum Gasteiger partial charge on any atom is -0.481 e. The Bertz CT molecular complexity index is 1320. The molecule has 3 aromatic rings. The zero-order valence-electron chi connectivity index (χ0n) is 19.6. The van der Waals surface area contributed by atoms with Crippen molar-refractivity contribution in [2.75, 3.05) is 5.32 Å². The normalized spacial score (nSPS) is 21.5. The quantitative estimate of drug-likeness (QED) is 0.413. The molecule has 0 saturated heterocycles. The van der Waals surface area contributed by atoms with Crippen molar-refractivity contribution in [3.63, 3.8) is 0 Å². The smallest absolute Gasteiger partial charge is 0.416 e. The van der Waals surface area contributed by atoms with Crippen molar-refractivity contribution in [2.24, 2.45) is 5.41 Å². The van der Waals surface area contributed by atoms with E-state index in [1.807, 2.05) is 42.5 Å². The number of aliphatic carboxylic acids is 1. The number of amides is 1. The van der Waals surface area contributed by atoms with Gasteiger partial charge in [-0.3, -0.25) is 9.59 Å². The van der Waals surface area contributed by atoms with Crippen molar-refractivity contribution in [3.05, 3.63) is 83.4 Å². The van der Waals surface area contributed by atoms with Crippen LogP contribution in [0.25, 0.3) is 11.1 Å². The van der Waals surface area contributed by atoms with E-state index in [4.69, 9.17) is 0 Å². The van der Waals surface area contributed by atoms with Gasteiger partial charge in [-0.15, -0.1) is 0 Å². The Balaban J connectivity index is 1.32. The summed E-state index contributed by atoms with van der Waals surface area (Å²) >= 11 is 0. The second-order valence-corrected chi connectivity index (χ2v) is 9.71. The lowest BCUT2D eigenvalue weighted by molar-refractivity contribution is -0.150. The number of carbonyl (C=O) groups is 2. The fraction of sp³-hybridized carbons (Fsp3) is 0.286. The van der Waals surface area contributed by atoms with Crippen molar-refractivity contribution in [1.29, 1.82) is 0 Å². The molecule has 186 valence electrons. The van der Waals surface area contributed by atoms with E-state index in [0.717, 1.165) is 40.9 Å². The van der Waals surface area contributed by atoms with Crippen LogP contribution in [0, 0.1) is 5.41 Å². The van der Waals surface area contributed by atoms with Crippen molar-refractivity contribution < 1.29 is 27.9 Å². The highest BCUT2D eigenvalue weighted by Gasteiger charge is 2.50. The highest BCUT2D eigenvalue weighted by Crippen LogP contribution is 2.44. The van der Waals surface area contributed by atoms with Crippen LogP contribution in [0.1, 0.15) is 47.7 Å². The second-order valence-electron chi connectivity index (χ2n) is 9.71. The van der Waals surface area contributed by atoms with Gasteiger partial charge in [0.05, 0.1) is 11.0 Å². The molecule has 0 bridgehead atoms. The first-order valence-corrected chi connectivity index (χ1v) is 11.8. The number of carboxylic acids is 1. The summed E-state index contributed by atoms with van der Waals surface area (Å²) in [5.74, 6) is -0.994. The Kier molecular flexibility index (Phi) is 5.77. The number of anilines is 2. The van der Waals surface area contributed by atoms with Gasteiger partial charge < -0.3 is 15.3 Å². The lowest BCUT2D eigenvalue weighted by atomic mass is 9.84. The van der Waals surface area contributed by atoms with Crippen LogP contribution in [-0.4, -0.2) is 27.9 Å². The predicted molar refractivity (Wildman–Crippen MR) is 130 cm³/mol. The maximum absolute atomic E-state index is 13.3. The van der Waals surface area contributed by atoms with Crippen LogP contribution in [0.15, 0.2) is 66.7 Å². The maximum atomic E-state index is 13.3. The largest absolute Gasteiger partial charge is 0.481 e. The number of benzene rings is 3. The van der Waals surface area contributed by atoms with Gasteiger partial charge in [0.2, 0.25) is 0 Å². The zero-order valence-corrected chi connectivity index (χ0v) is 19.6. The van der Waals surface area contributed by atoms with E-state index in [1.165, 1.54) is 12.1 Å². The SMILES string of the molecule is CC1(C(=O)O)CCCC1N1Cc2ccc(-c3ccc(Nc4ccc(C(F)(F)F)cc4)cc3)cc2C1=O. The van der Waals surface area contributed by atoms with Crippen LogP contribution >= 0.6 is 0 Å². The Morgan fingerprint density at radius 3 is 2.22 bits per heavy atom. The number of rotatable bonds is 5. The lowest BCUT2D eigenvalue weighted by Gasteiger charge is -2.34. The molecule has 2 atom stereocenters. The molecule has 5 rings (SSSR count). The molecule has 5 nitrogen and oxygen atoms in total. The summed E-state index contributed by atoms with van der Waals surface area (Å²) in [6.45, 7) is 2.15. The Morgan fingerprint density at radius 1 is 1.00 bits per heavy atom. The number of alkyl halides is 3. The first-order valence-electron chi connectivity index (χ1n) is 11.8. The molecule has 1 aliphatic carbocycles. The van der Waals surface area contributed by atoms with Gasteiger partial charge in [-0.2, -0.15) is 13.2 Å². The van der Waals surface area contributed by atoms with Gasteiger partial charge in [0.15, 0.2) is 0 Å². The van der Waals surface area contributed by atoms with Crippen LogP contribution in [0.2, 0.25) is 0 Å². The molecule has 2 N–H and O–H groups in total. The average molecular weight is 495 g/mol. The van der Waals surface area contributed by atoms with E-state index in [2.05, 4.69) is 5.32 Å². The fourth-order valence-corrected chi connectivity index (χ4v) is 5.31. The lowest BCUT2D eigenvalue weighted by Crippen LogP contribution is -2.47. The molecule has 1 saturated carbocycles. The Labute approximate surface area is 206 Å². The molecule has 0 spiro atoms. The van der Waals surface area contributed by atoms with Crippen LogP contribution in [-0.2, 0) is 17.5 Å². The molecule has 1 fully saturated rings. The van der Waals surface area contributed by atoms with Gasteiger partial charge in [0.1, 0.15) is 0 Å². The number of nitrogens with one attached hydrogen (secondary N) is 1. The molecular weight excluding hydrogens is 469 g/mol. The molecule has 1 aliphatic heterocycles. The summed E-state index contributed by atoms with van der Waals surface area (Å²) in [5.41, 5.74) is 2.86. The summed E-state index contributed by atoms with van der Waals surface area (Å²) in [6.07, 6.45) is -2.35. The Morgan fingerprint density at radius 2 is 1.61 bits per heavy atom. The average Bonchev–Trinajstić information content (AvgIpc) is 3.39. The second kappa shape index (κ2) is 8.69. The summed E-state index contributed by atoms with van der Waals surface area (Å²) < 4.78 is 38.3. The highest BCUT2D eigenvalue weighted by atomic mass is 19.4. The predicted octanol–water partition coefficient (Wildman–Crippen LogP) is 6.72. The molecule has 1 heterocycles. The van der Waals surface area contributed by atoms with E-state index < -0.39 is 23.1 Å². The van der Waals surface area contributed by atoms with Crippen molar-refractivity contribution in [1.82, 2.24) is 4.90 Å². The molecule has 1 amide bonds. The van der Waals surface area contributed by atoms with E-state index in [0.29, 0.717) is 30.6 Å². The summed E-state index contributed by atoms with van der Waals surface area (Å²) in [7, 11) is 0. The minimum absolute atomic E-state index is 0.133. The van der Waals surface area contributed by atoms with Crippen molar-refractivity contribution >= 4 is 23.3 Å². The maximum Gasteiger partial charge on any atom is 0.416 e. The van der Waals surface area contributed by atoms with Crippen molar-refractivity contribution in [3.8, 4) is 11.1 Å². The standard InChI is InChI=1S/C28H25F3N2O3/c1-27(26(35)36)14-2-3-24(27)33-16-19-5-4-18(15-23(19)25(33)34)17-6-10-21(11-7-17)32-22-12-8-20(9-13-22)28(29,30)31/h4-13,15,24,32H,2-3,14,16H2,1H3,(H,35,36). The van der Waals surface area contributed by atoms with E-state index in [9.17, 15) is 27.9 Å². The number of hydrogen-bond donors (Lipinski definition) is 2. The van der Waals surface area contributed by atoms with E-state index >= 15 is 0 Å². The van der Waals surface area contributed by atoms with Gasteiger partial charge in [0.25, 0.3) is 5.91 Å². The molecule has 36 heavy (non-hydrogen) atoms. The minimum atomic E-state index is -4.37. The molecule has 0 aromatic heterocycles. The van der Waals surface area contributed by atoms with E-state index in [-0.39, 0.29) is 11.9 Å². The molecule has 2 aliphatic rings. The number of carbonyl (C=O) groups excluding carboxylic acids is 1. The van der Waals surface area contributed by atoms with Gasteiger partial charge >= 0.3 is 12.1 Å². The third-order valence-corrected chi connectivity index (χ3v) is 7.43. The highest BCUT2D eigenvalue weighted by molar-refractivity contribution is 6.00. The number of nitrogens with zero attached hydrogens (tertiary/aromatic N) is 1. The van der Waals surface area contributed by atoms with Gasteiger partial charge in [-0.1, -0.05) is 30.7 Å². The Hall–Kier alpha value is -3.81. The number of carboxylic acid groups (broad SMARTS) is 1. The number of hydrogen-bond acceptors (Lipinski definition) is 3. The molecule has 2 unspecified atom stereocenters. The zero-order chi connectivity index (χ0) is 25.7. The first-order chi connectivity index (χ1) is 17.1. The number of halogens is 3. The van der Waals surface area contributed by atoms with Crippen molar-refractivity contribution in [2.45, 2.75) is 44.9 Å². The van der Waals surface area contributed by atoms with Gasteiger partial charge in [0, 0.05) is 29.5 Å². The van der Waals surface area contributed by atoms with Gasteiger partial charge in [-0.05, 0) is 78.9 Å². The fourth-order valence-electron chi connectivity index (χ4n) is 5.31. The summed E-state index contributed by atoms with van der Waals surface area (Å²) in [4.78, 5) is 26.9. The van der Waals surface area contributed by atoms with Crippen LogP contribution in [0.3, 0.4) is 0 Å². The van der Waals surface area contributed by atoms with E-state index in [1.54, 1.807) is 11.8 Å². The monoisotopic (exact) mass is 494 g/mol. The topological polar surface area (TPSA) is 69.6 Å². The third kappa shape index (κ3) is 4.21. The molecule has 0 radical (unpaired) electrons. The first kappa shape index (κ1) is 23.9. The molecular formula is C28H25F3N2O3. The summed E-state index contributed by atoms with van der Waals surface area (Å²) in [5, 5.41) is 12.9. The third-order valence-electron chi connectivity index (χ3n) is 7.43.